The third-order valence-corrected chi connectivity index (χ3v) is 9.74. The zero-order valence-electron chi connectivity index (χ0n) is 26.6. The van der Waals surface area contributed by atoms with Crippen molar-refractivity contribution in [3.63, 3.8) is 0 Å². The van der Waals surface area contributed by atoms with Gasteiger partial charge in [-0.25, -0.2) is 0 Å². The van der Waals surface area contributed by atoms with Gasteiger partial charge in [0.2, 0.25) is 0 Å². The van der Waals surface area contributed by atoms with E-state index >= 15 is 0 Å². The highest BCUT2D eigenvalue weighted by Gasteiger charge is 2.26. The fraction of sp³-hybridized carbons (Fsp3) is 0. The molecule has 0 aliphatic carbocycles. The Morgan fingerprint density at radius 3 is 1.68 bits per heavy atom. The Labute approximate surface area is 303 Å². The van der Waals surface area contributed by atoms with Gasteiger partial charge in [-0.05, 0) is 78.8 Å². The van der Waals surface area contributed by atoms with Gasteiger partial charge in [-0.3, -0.25) is 0 Å². The molecule has 2 nitrogen and oxygen atoms in total. The molecule has 0 saturated heterocycles. The van der Waals surface area contributed by atoms with Gasteiger partial charge in [-0.1, -0.05) is 104 Å². The average molecular weight is 611 g/mol. The number of aromatic hydroxyl groups is 1. The zero-order valence-corrected chi connectivity index (χ0v) is 26.6. The van der Waals surface area contributed by atoms with Crippen LogP contribution in [0.3, 0.4) is 0 Å². The molecule has 1 heterocycles. The molecule has 1 N–H and O–H groups in total. The van der Waals surface area contributed by atoms with E-state index in [0.29, 0.717) is 16.9 Å². The zero-order chi connectivity index (χ0) is 35.3. The Balaban J connectivity index is 1.36. The molecule has 0 fully saturated rings. The fourth-order valence-corrected chi connectivity index (χ4v) is 7.19. The summed E-state index contributed by atoms with van der Waals surface area (Å²) in [6.45, 7) is 0. The van der Waals surface area contributed by atoms with Crippen LogP contribution in [0.1, 0.15) is 0 Å². The minimum absolute atomic E-state index is 0.0107. The molecule has 20 radical (unpaired) electrons. The number of ether oxygens (including phenoxy) is 1. The lowest BCUT2D eigenvalue weighted by Crippen LogP contribution is -2.49. The minimum atomic E-state index is -0.460. The summed E-state index contributed by atoms with van der Waals surface area (Å²) < 4.78 is 6.50. The monoisotopic (exact) mass is 612 g/mol. The van der Waals surface area contributed by atoms with Crippen molar-refractivity contribution in [3.8, 4) is 61.8 Å². The maximum Gasteiger partial charge on any atom is 0.135 e. The van der Waals surface area contributed by atoms with Crippen molar-refractivity contribution in [1.29, 1.82) is 0 Å². The van der Waals surface area contributed by atoms with Crippen LogP contribution in [-0.4, -0.2) is 83.6 Å². The van der Waals surface area contributed by atoms with E-state index in [9.17, 15) is 5.11 Å². The minimum Gasteiger partial charge on any atom is -0.509 e. The molecule has 7 aromatic rings. The maximum absolute atomic E-state index is 10.8. The van der Waals surface area contributed by atoms with Crippen molar-refractivity contribution in [3.05, 3.63) is 78.9 Å². The third kappa shape index (κ3) is 4.50. The van der Waals surface area contributed by atoms with E-state index in [1.165, 1.54) is 0 Å². The van der Waals surface area contributed by atoms with Crippen molar-refractivity contribution in [2.24, 2.45) is 0 Å². The molecule has 0 aromatic heterocycles. The number of fused-ring (bicyclic) bond motifs is 3. The highest BCUT2D eigenvalue weighted by molar-refractivity contribution is 6.70. The average Bonchev–Trinajstić information content (AvgIpc) is 3.13. The molecule has 8 rings (SSSR count). The molecule has 208 valence electrons. The van der Waals surface area contributed by atoms with Gasteiger partial charge in [0, 0.05) is 10.9 Å². The Morgan fingerprint density at radius 2 is 0.980 bits per heavy atom. The summed E-state index contributed by atoms with van der Waals surface area (Å²) in [5, 5.41) is 12.8. The Kier molecular flexibility index (Phi) is 7.60. The van der Waals surface area contributed by atoms with Crippen LogP contribution >= 0.6 is 0 Å². The summed E-state index contributed by atoms with van der Waals surface area (Å²) >= 11 is 0. The first-order valence-electron chi connectivity index (χ1n) is 15.6. The summed E-state index contributed by atoms with van der Waals surface area (Å²) in [4.78, 5) is 0. The lowest BCUT2D eigenvalue weighted by atomic mass is 9.57. The van der Waals surface area contributed by atoms with Crippen molar-refractivity contribution in [2.75, 3.05) is 0 Å². The summed E-state index contributed by atoms with van der Waals surface area (Å²) in [6, 6.07) is 26.0. The van der Waals surface area contributed by atoms with Gasteiger partial charge in [0.25, 0.3) is 0 Å². The van der Waals surface area contributed by atoms with E-state index in [1.807, 2.05) is 54.6 Å². The topological polar surface area (TPSA) is 29.5 Å². The van der Waals surface area contributed by atoms with Gasteiger partial charge in [0.1, 0.15) is 95.7 Å². The predicted octanol–water partition coefficient (Wildman–Crippen LogP) is -1.59. The van der Waals surface area contributed by atoms with Crippen LogP contribution < -0.4 is 59.4 Å². The normalized spacial score (nSPS) is 11.8. The predicted molar refractivity (Wildman–Crippen MR) is 219 cm³/mol. The standard InChI is InChI=1S/C38H14B10O2/c39-28-23(29(40)32(43)26(31(28)42)24-25-27(33(44)36(47)30(24)41)34(45)37(48)38(49)35(25)46)19-12-11-18-16-10-9-15(14-5-2-1-3-6-14)13-21(16)50-20-8-4-7-17(19)22(18)20/h1-13,49H. The second kappa shape index (κ2) is 11.7. The van der Waals surface area contributed by atoms with Crippen LogP contribution in [-0.2, 0) is 0 Å². The summed E-state index contributed by atoms with van der Waals surface area (Å²) in [7, 11) is 65.4. The molecule has 50 heavy (non-hydrogen) atoms. The molecule has 0 saturated carbocycles. The molecular formula is C38H14B10O2. The Bertz CT molecular complexity index is 2600. The number of rotatable bonds is 3. The molecule has 0 amide bonds. The van der Waals surface area contributed by atoms with E-state index in [2.05, 4.69) is 24.3 Å². The smallest absolute Gasteiger partial charge is 0.135 e. The highest BCUT2D eigenvalue weighted by atomic mass is 16.5. The molecule has 1 aliphatic rings. The van der Waals surface area contributed by atoms with Crippen LogP contribution in [0.4, 0.5) is 0 Å². The fourth-order valence-electron chi connectivity index (χ4n) is 7.19. The van der Waals surface area contributed by atoms with E-state index in [4.69, 9.17) is 83.2 Å². The van der Waals surface area contributed by atoms with E-state index < -0.39 is 5.75 Å². The van der Waals surface area contributed by atoms with Crippen molar-refractivity contribution in [2.45, 2.75) is 0 Å². The Morgan fingerprint density at radius 1 is 0.380 bits per heavy atom. The Hall–Kier alpha value is -4.69. The van der Waals surface area contributed by atoms with Crippen LogP contribution in [0.15, 0.2) is 78.9 Å². The van der Waals surface area contributed by atoms with Gasteiger partial charge >= 0.3 is 0 Å². The lowest BCUT2D eigenvalue weighted by molar-refractivity contribution is 0.485. The second-order valence-electron chi connectivity index (χ2n) is 12.4. The maximum atomic E-state index is 10.8. The molecule has 12 heteroatoms. The number of benzene rings is 7. The van der Waals surface area contributed by atoms with Gasteiger partial charge < -0.3 is 9.84 Å². The number of phenolic OH excluding ortho intramolecular Hbond substituents is 1. The van der Waals surface area contributed by atoms with Gasteiger partial charge in [0.15, 0.2) is 0 Å². The first kappa shape index (κ1) is 32.5. The number of phenols is 1. The van der Waals surface area contributed by atoms with Crippen LogP contribution in [0.2, 0.25) is 0 Å². The summed E-state index contributed by atoms with van der Waals surface area (Å²) in [6.07, 6.45) is 0. The second-order valence-corrected chi connectivity index (χ2v) is 12.4. The molecule has 7 aromatic carbocycles. The molecular weight excluding hydrogens is 597 g/mol. The molecule has 0 spiro atoms. The van der Waals surface area contributed by atoms with E-state index in [1.54, 1.807) is 0 Å². The van der Waals surface area contributed by atoms with Crippen LogP contribution in [0.25, 0.3) is 66.1 Å². The first-order valence-corrected chi connectivity index (χ1v) is 15.6. The first-order chi connectivity index (χ1) is 23.9. The largest absolute Gasteiger partial charge is 0.509 e. The number of hydrogen-bond acceptors (Lipinski definition) is 2. The van der Waals surface area contributed by atoms with Gasteiger partial charge in [-0.15, -0.1) is 5.46 Å². The number of hydrogen-bond donors (Lipinski definition) is 1. The molecule has 0 unspecified atom stereocenters. The summed E-state index contributed by atoms with van der Waals surface area (Å²) in [5.41, 5.74) is 5.47. The SMILES string of the molecule is [B]c1c([B])c(-c2c([B])c([B])c([B])c3c([B])c([B])c(O)c([B])c23)c([B])c([B])c1-c1ccc2c3c(cccc13)Oc1cc(-c3ccccc3)ccc1-2. The van der Waals surface area contributed by atoms with E-state index in [0.717, 1.165) is 38.8 Å². The van der Waals surface area contributed by atoms with E-state index in [-0.39, 0.29) is 76.5 Å². The molecule has 0 bridgehead atoms. The third-order valence-electron chi connectivity index (χ3n) is 9.74. The summed E-state index contributed by atoms with van der Waals surface area (Å²) in [5.74, 6) is 0.963. The van der Waals surface area contributed by atoms with Crippen LogP contribution in [0.5, 0.6) is 17.2 Å². The van der Waals surface area contributed by atoms with Crippen molar-refractivity contribution >= 4 is 155 Å². The van der Waals surface area contributed by atoms with Gasteiger partial charge in [0.05, 0.1) is 0 Å². The molecule has 1 aliphatic heterocycles. The van der Waals surface area contributed by atoms with Crippen LogP contribution in [0, 0.1) is 0 Å². The lowest BCUT2D eigenvalue weighted by Gasteiger charge is -2.29. The molecule has 0 atom stereocenters. The van der Waals surface area contributed by atoms with Crippen molar-refractivity contribution in [1.82, 2.24) is 0 Å². The van der Waals surface area contributed by atoms with Crippen molar-refractivity contribution < 1.29 is 9.84 Å². The quantitative estimate of drug-likeness (QED) is 0.245. The highest BCUT2D eigenvalue weighted by Crippen LogP contribution is 2.49. The van der Waals surface area contributed by atoms with Gasteiger partial charge in [-0.2, -0.15) is 0 Å².